The van der Waals surface area contributed by atoms with E-state index in [-0.39, 0.29) is 11.9 Å². The van der Waals surface area contributed by atoms with E-state index in [1.807, 2.05) is 13.8 Å². The summed E-state index contributed by atoms with van der Waals surface area (Å²) in [6.07, 6.45) is 4.36. The topological polar surface area (TPSA) is 59.4 Å². The minimum absolute atomic E-state index is 0.102. The molecule has 0 spiro atoms. The van der Waals surface area contributed by atoms with Crippen LogP contribution in [0.2, 0.25) is 0 Å². The highest BCUT2D eigenvalue weighted by molar-refractivity contribution is 5.81. The Labute approximate surface area is 145 Å². The van der Waals surface area contributed by atoms with E-state index in [2.05, 4.69) is 33.0 Å². The fourth-order valence-electron chi connectivity index (χ4n) is 3.51. The number of ether oxygens (including phenoxy) is 1. The minimum atomic E-state index is -0.102. The Bertz CT molecular complexity index is 529. The number of nitrogens with one attached hydrogen (secondary N) is 1. The van der Waals surface area contributed by atoms with Gasteiger partial charge in [-0.3, -0.25) is 14.4 Å². The Hall–Kier alpha value is -1.40. The van der Waals surface area contributed by atoms with E-state index in [0.29, 0.717) is 19.2 Å². The largest absolute Gasteiger partial charge is 0.385 e. The second kappa shape index (κ2) is 9.18. The van der Waals surface area contributed by atoms with Gasteiger partial charge in [0.1, 0.15) is 0 Å². The second-order valence-electron chi connectivity index (χ2n) is 6.81. The third kappa shape index (κ3) is 5.05. The van der Waals surface area contributed by atoms with Crippen molar-refractivity contribution in [2.75, 3.05) is 26.8 Å². The van der Waals surface area contributed by atoms with Gasteiger partial charge in [-0.25, -0.2) is 0 Å². The number of piperidine rings is 1. The summed E-state index contributed by atoms with van der Waals surface area (Å²) in [4.78, 5) is 14.8. The number of methoxy groups -OCH3 is 1. The van der Waals surface area contributed by atoms with Crippen LogP contribution in [0.1, 0.15) is 44.0 Å². The highest BCUT2D eigenvalue weighted by atomic mass is 16.5. The van der Waals surface area contributed by atoms with Gasteiger partial charge >= 0.3 is 0 Å². The van der Waals surface area contributed by atoms with E-state index in [1.165, 1.54) is 12.1 Å². The molecular formula is C18H32N4O2. The summed E-state index contributed by atoms with van der Waals surface area (Å²) in [5.74, 6) is 0.117. The van der Waals surface area contributed by atoms with Crippen LogP contribution >= 0.6 is 0 Å². The number of hydrogen-bond donors (Lipinski definition) is 1. The predicted octanol–water partition coefficient (Wildman–Crippen LogP) is 1.90. The lowest BCUT2D eigenvalue weighted by molar-refractivity contribution is -0.127. The summed E-state index contributed by atoms with van der Waals surface area (Å²) in [6, 6.07) is 2.38. The lowest BCUT2D eigenvalue weighted by Crippen LogP contribution is -2.53. The Kier molecular flexibility index (Phi) is 7.24. The van der Waals surface area contributed by atoms with Crippen molar-refractivity contribution in [3.8, 4) is 0 Å². The molecule has 0 aliphatic carbocycles. The zero-order valence-corrected chi connectivity index (χ0v) is 15.5. The van der Waals surface area contributed by atoms with Gasteiger partial charge in [0.2, 0.25) is 5.91 Å². The molecule has 2 rings (SSSR count). The number of carbonyl (C=O) groups is 1. The van der Waals surface area contributed by atoms with Gasteiger partial charge in [0.05, 0.1) is 18.3 Å². The van der Waals surface area contributed by atoms with E-state index in [0.717, 1.165) is 38.0 Å². The number of aromatic nitrogens is 2. The van der Waals surface area contributed by atoms with Gasteiger partial charge in [0.25, 0.3) is 0 Å². The minimum Gasteiger partial charge on any atom is -0.385 e. The third-order valence-corrected chi connectivity index (χ3v) is 4.86. The molecule has 1 amide bonds. The van der Waals surface area contributed by atoms with Crippen LogP contribution in [0.5, 0.6) is 0 Å². The molecule has 0 aromatic carbocycles. The molecule has 0 bridgehead atoms. The lowest BCUT2D eigenvalue weighted by Gasteiger charge is -2.39. The van der Waals surface area contributed by atoms with Crippen LogP contribution in [-0.4, -0.2) is 59.5 Å². The molecule has 1 aliphatic rings. The number of aryl methyl sites for hydroxylation is 2. The van der Waals surface area contributed by atoms with Crippen molar-refractivity contribution in [1.82, 2.24) is 20.0 Å². The Morgan fingerprint density at radius 3 is 2.92 bits per heavy atom. The first kappa shape index (κ1) is 18.9. The molecule has 0 unspecified atom stereocenters. The number of likely N-dealkylation sites (tertiary alicyclic amines) is 1. The molecular weight excluding hydrogens is 304 g/mol. The number of hydrogen-bond acceptors (Lipinski definition) is 4. The van der Waals surface area contributed by atoms with Crippen molar-refractivity contribution in [1.29, 1.82) is 0 Å². The van der Waals surface area contributed by atoms with E-state index >= 15 is 0 Å². The maximum Gasteiger partial charge on any atom is 0.237 e. The van der Waals surface area contributed by atoms with Gasteiger partial charge in [-0.1, -0.05) is 6.42 Å². The van der Waals surface area contributed by atoms with Crippen molar-refractivity contribution in [2.24, 2.45) is 0 Å². The Morgan fingerprint density at radius 2 is 2.25 bits per heavy atom. The molecule has 136 valence electrons. The van der Waals surface area contributed by atoms with Gasteiger partial charge < -0.3 is 10.1 Å². The second-order valence-corrected chi connectivity index (χ2v) is 6.81. The van der Waals surface area contributed by atoms with Gasteiger partial charge in [-0.15, -0.1) is 0 Å². The molecule has 1 N–H and O–H groups in total. The van der Waals surface area contributed by atoms with Crippen molar-refractivity contribution in [3.05, 3.63) is 17.5 Å². The van der Waals surface area contributed by atoms with Crippen molar-refractivity contribution >= 4 is 5.91 Å². The molecule has 6 nitrogen and oxygen atoms in total. The Morgan fingerprint density at radius 1 is 1.46 bits per heavy atom. The van der Waals surface area contributed by atoms with E-state index in [9.17, 15) is 4.79 Å². The van der Waals surface area contributed by atoms with Crippen molar-refractivity contribution in [2.45, 2.75) is 65.1 Å². The van der Waals surface area contributed by atoms with Crippen LogP contribution < -0.4 is 5.32 Å². The molecule has 1 fully saturated rings. The summed E-state index contributed by atoms with van der Waals surface area (Å²) < 4.78 is 7.11. The molecule has 2 atom stereocenters. The monoisotopic (exact) mass is 336 g/mol. The average Bonchev–Trinajstić information content (AvgIpc) is 2.88. The van der Waals surface area contributed by atoms with Crippen molar-refractivity contribution in [3.63, 3.8) is 0 Å². The highest BCUT2D eigenvalue weighted by Crippen LogP contribution is 2.21. The first-order valence-electron chi connectivity index (χ1n) is 9.06. The predicted molar refractivity (Wildman–Crippen MR) is 95.0 cm³/mol. The van der Waals surface area contributed by atoms with E-state index in [1.54, 1.807) is 7.11 Å². The van der Waals surface area contributed by atoms with Gasteiger partial charge in [-0.2, -0.15) is 5.10 Å². The summed E-state index contributed by atoms with van der Waals surface area (Å²) in [6.45, 7) is 9.34. The van der Waals surface area contributed by atoms with Gasteiger partial charge in [-0.05, 0) is 52.6 Å². The summed E-state index contributed by atoms with van der Waals surface area (Å²) >= 11 is 0. The molecule has 0 saturated carbocycles. The highest BCUT2D eigenvalue weighted by Gasteiger charge is 2.30. The molecule has 1 aromatic heterocycles. The summed E-state index contributed by atoms with van der Waals surface area (Å²) in [5, 5.41) is 7.62. The number of nitrogens with zero attached hydrogens (tertiary/aromatic N) is 3. The van der Waals surface area contributed by atoms with Crippen LogP contribution in [0, 0.1) is 13.8 Å². The maximum absolute atomic E-state index is 12.5. The number of carbonyl (C=O) groups excluding carboxylic acids is 1. The van der Waals surface area contributed by atoms with Crippen LogP contribution in [0.4, 0.5) is 0 Å². The average molecular weight is 336 g/mol. The summed E-state index contributed by atoms with van der Waals surface area (Å²) in [5.41, 5.74) is 2.24. The van der Waals surface area contributed by atoms with Crippen LogP contribution in [0.15, 0.2) is 6.07 Å². The first-order chi connectivity index (χ1) is 11.5. The molecule has 1 aliphatic heterocycles. The van der Waals surface area contributed by atoms with Crippen LogP contribution in [-0.2, 0) is 16.1 Å². The molecule has 1 saturated heterocycles. The lowest BCUT2D eigenvalue weighted by atomic mass is 9.99. The third-order valence-electron chi connectivity index (χ3n) is 4.86. The zero-order valence-electron chi connectivity index (χ0n) is 15.5. The fraction of sp³-hybridized carbons (Fsp3) is 0.778. The van der Waals surface area contributed by atoms with Crippen molar-refractivity contribution < 1.29 is 9.53 Å². The fourth-order valence-corrected chi connectivity index (χ4v) is 3.51. The first-order valence-corrected chi connectivity index (χ1v) is 9.06. The zero-order chi connectivity index (χ0) is 17.5. The maximum atomic E-state index is 12.5. The van der Waals surface area contributed by atoms with Crippen LogP contribution in [0.25, 0.3) is 0 Å². The smallest absolute Gasteiger partial charge is 0.237 e. The van der Waals surface area contributed by atoms with E-state index in [4.69, 9.17) is 4.74 Å². The SMILES string of the molecule is COCCCNC(=O)[C@H](C)N1CCCC[C@@H]1Cn1nc(C)cc1C. The molecule has 0 radical (unpaired) electrons. The number of rotatable bonds is 8. The van der Waals surface area contributed by atoms with Gasteiger partial charge in [0.15, 0.2) is 0 Å². The van der Waals surface area contributed by atoms with Gasteiger partial charge in [0, 0.05) is 32.0 Å². The number of amides is 1. The van der Waals surface area contributed by atoms with Crippen LogP contribution in [0.3, 0.4) is 0 Å². The Balaban J connectivity index is 1.94. The molecule has 24 heavy (non-hydrogen) atoms. The molecule has 2 heterocycles. The van der Waals surface area contributed by atoms with E-state index < -0.39 is 0 Å². The molecule has 1 aromatic rings. The normalized spacial score (nSPS) is 20.1. The standard InChI is InChI=1S/C18H32N4O2/c1-14-12-15(2)22(20-14)13-17-8-5-6-10-21(17)16(3)18(23)19-9-7-11-24-4/h12,16-17H,5-11,13H2,1-4H3,(H,19,23)/t16-,17+/m0/s1. The summed E-state index contributed by atoms with van der Waals surface area (Å²) in [7, 11) is 1.68. The molecule has 6 heteroatoms. The quantitative estimate of drug-likeness (QED) is 0.737.